The fourth-order valence-electron chi connectivity index (χ4n) is 2.24. The molecular formula is C12H23N3. The van der Waals surface area contributed by atoms with Gasteiger partial charge in [0, 0.05) is 19.1 Å². The third-order valence-electron chi connectivity index (χ3n) is 2.84. The molecule has 0 saturated carbocycles. The summed E-state index contributed by atoms with van der Waals surface area (Å²) in [5.74, 6) is 1.41. The fraction of sp³-hybridized carbons (Fsp3) is 0.917. The van der Waals surface area contributed by atoms with Gasteiger partial charge in [0.2, 0.25) is 0 Å². The molecule has 2 atom stereocenters. The second-order valence-corrected chi connectivity index (χ2v) is 5.19. The van der Waals surface area contributed by atoms with Crippen molar-refractivity contribution in [1.82, 2.24) is 10.2 Å². The predicted molar refractivity (Wildman–Crippen MR) is 62.5 cm³/mol. The van der Waals surface area contributed by atoms with Crippen LogP contribution in [-0.4, -0.2) is 37.1 Å². The lowest BCUT2D eigenvalue weighted by atomic mass is 9.95. The summed E-state index contributed by atoms with van der Waals surface area (Å²) in [6.07, 6.45) is 1.24. The van der Waals surface area contributed by atoms with Crippen molar-refractivity contribution in [2.45, 2.75) is 33.2 Å². The summed E-state index contributed by atoms with van der Waals surface area (Å²) in [5, 5.41) is 12.3. The van der Waals surface area contributed by atoms with Crippen LogP contribution in [0.1, 0.15) is 27.2 Å². The molecular weight excluding hydrogens is 186 g/mol. The van der Waals surface area contributed by atoms with E-state index in [-0.39, 0.29) is 0 Å². The molecule has 0 aliphatic carbocycles. The minimum atomic E-state index is 0.574. The molecule has 0 spiro atoms. The standard InChI is InChI=1S/C12H23N3/c1-10(2)7-14-12-6-11(3)8-15(9-12)5-4-13/h10-12,14H,5-9H2,1-3H3. The smallest absolute Gasteiger partial charge is 0.0866 e. The maximum atomic E-state index is 8.70. The van der Waals surface area contributed by atoms with Crippen molar-refractivity contribution in [2.75, 3.05) is 26.2 Å². The average molecular weight is 209 g/mol. The quantitative estimate of drug-likeness (QED) is 0.713. The molecule has 0 aromatic carbocycles. The lowest BCUT2D eigenvalue weighted by Crippen LogP contribution is -2.49. The van der Waals surface area contributed by atoms with E-state index in [1.54, 1.807) is 0 Å². The van der Waals surface area contributed by atoms with Crippen molar-refractivity contribution < 1.29 is 0 Å². The predicted octanol–water partition coefficient (Wildman–Crippen LogP) is 1.47. The SMILES string of the molecule is CC(C)CNC1CC(C)CN(CC#N)C1. The molecule has 15 heavy (non-hydrogen) atoms. The molecule has 0 bridgehead atoms. The van der Waals surface area contributed by atoms with E-state index in [1.165, 1.54) is 6.42 Å². The van der Waals surface area contributed by atoms with E-state index in [0.29, 0.717) is 24.4 Å². The van der Waals surface area contributed by atoms with Gasteiger partial charge in [0.1, 0.15) is 0 Å². The molecule has 1 aliphatic heterocycles. The number of nitrogens with one attached hydrogen (secondary N) is 1. The third kappa shape index (κ3) is 4.63. The van der Waals surface area contributed by atoms with Crippen molar-refractivity contribution in [1.29, 1.82) is 5.26 Å². The Bertz CT molecular complexity index is 219. The zero-order valence-corrected chi connectivity index (χ0v) is 10.2. The van der Waals surface area contributed by atoms with E-state index in [2.05, 4.69) is 37.1 Å². The minimum absolute atomic E-state index is 0.574. The molecule has 1 saturated heterocycles. The van der Waals surface area contributed by atoms with Gasteiger partial charge in [-0.15, -0.1) is 0 Å². The zero-order valence-electron chi connectivity index (χ0n) is 10.2. The number of rotatable bonds is 4. The van der Waals surface area contributed by atoms with Gasteiger partial charge in [0.05, 0.1) is 12.6 Å². The van der Waals surface area contributed by atoms with E-state index in [0.717, 1.165) is 19.6 Å². The number of hydrogen-bond acceptors (Lipinski definition) is 3. The van der Waals surface area contributed by atoms with Gasteiger partial charge in [0.15, 0.2) is 0 Å². The van der Waals surface area contributed by atoms with E-state index in [4.69, 9.17) is 5.26 Å². The highest BCUT2D eigenvalue weighted by Crippen LogP contribution is 2.16. The largest absolute Gasteiger partial charge is 0.312 e. The second kappa shape index (κ2) is 6.09. The van der Waals surface area contributed by atoms with Crippen LogP contribution in [0, 0.1) is 23.2 Å². The number of likely N-dealkylation sites (tertiary alicyclic amines) is 1. The first-order chi connectivity index (χ1) is 7.11. The topological polar surface area (TPSA) is 39.1 Å². The van der Waals surface area contributed by atoms with Crippen LogP contribution in [0.4, 0.5) is 0 Å². The Kier molecular flexibility index (Phi) is 5.07. The Morgan fingerprint density at radius 1 is 1.47 bits per heavy atom. The number of nitriles is 1. The molecule has 0 amide bonds. The normalized spacial score (nSPS) is 27.9. The first kappa shape index (κ1) is 12.5. The van der Waals surface area contributed by atoms with Gasteiger partial charge in [-0.25, -0.2) is 0 Å². The number of nitrogens with zero attached hydrogens (tertiary/aromatic N) is 2. The van der Waals surface area contributed by atoms with Crippen molar-refractivity contribution in [3.05, 3.63) is 0 Å². The Hall–Kier alpha value is -0.590. The number of hydrogen-bond donors (Lipinski definition) is 1. The Labute approximate surface area is 93.5 Å². The van der Waals surface area contributed by atoms with Crippen LogP contribution in [0.15, 0.2) is 0 Å². The second-order valence-electron chi connectivity index (χ2n) is 5.19. The van der Waals surface area contributed by atoms with Crippen LogP contribution in [0.3, 0.4) is 0 Å². The van der Waals surface area contributed by atoms with Gasteiger partial charge in [-0.05, 0) is 24.8 Å². The van der Waals surface area contributed by atoms with Gasteiger partial charge in [-0.2, -0.15) is 5.26 Å². The van der Waals surface area contributed by atoms with Crippen LogP contribution in [0.25, 0.3) is 0 Å². The molecule has 3 nitrogen and oxygen atoms in total. The fourth-order valence-corrected chi connectivity index (χ4v) is 2.24. The maximum Gasteiger partial charge on any atom is 0.0866 e. The maximum absolute atomic E-state index is 8.70. The molecule has 1 N–H and O–H groups in total. The van der Waals surface area contributed by atoms with Crippen molar-refractivity contribution in [3.63, 3.8) is 0 Å². The first-order valence-corrected chi connectivity index (χ1v) is 5.94. The zero-order chi connectivity index (χ0) is 11.3. The molecule has 0 radical (unpaired) electrons. The monoisotopic (exact) mass is 209 g/mol. The number of piperidine rings is 1. The molecule has 1 aliphatic rings. The lowest BCUT2D eigenvalue weighted by molar-refractivity contribution is 0.162. The summed E-state index contributed by atoms with van der Waals surface area (Å²) < 4.78 is 0. The molecule has 0 aromatic rings. The van der Waals surface area contributed by atoms with Crippen molar-refractivity contribution in [3.8, 4) is 6.07 Å². The third-order valence-corrected chi connectivity index (χ3v) is 2.84. The molecule has 1 heterocycles. The lowest BCUT2D eigenvalue weighted by Gasteiger charge is -2.35. The molecule has 1 rings (SSSR count). The first-order valence-electron chi connectivity index (χ1n) is 5.94. The van der Waals surface area contributed by atoms with Gasteiger partial charge in [-0.3, -0.25) is 4.90 Å². The highest BCUT2D eigenvalue weighted by atomic mass is 15.2. The van der Waals surface area contributed by atoms with Crippen molar-refractivity contribution >= 4 is 0 Å². The minimum Gasteiger partial charge on any atom is -0.312 e. The Balaban J connectivity index is 2.35. The van der Waals surface area contributed by atoms with E-state index in [1.807, 2.05) is 0 Å². The molecule has 2 unspecified atom stereocenters. The highest BCUT2D eigenvalue weighted by molar-refractivity contribution is 4.86. The molecule has 1 fully saturated rings. The summed E-state index contributed by atoms with van der Waals surface area (Å²) >= 11 is 0. The van der Waals surface area contributed by atoms with E-state index in [9.17, 15) is 0 Å². The van der Waals surface area contributed by atoms with Crippen LogP contribution in [-0.2, 0) is 0 Å². The van der Waals surface area contributed by atoms with Crippen molar-refractivity contribution in [2.24, 2.45) is 11.8 Å². The average Bonchev–Trinajstić information content (AvgIpc) is 2.14. The molecule has 0 aromatic heterocycles. The van der Waals surface area contributed by atoms with Crippen LogP contribution in [0.5, 0.6) is 0 Å². The summed E-state index contributed by atoms with van der Waals surface area (Å²) in [4.78, 5) is 2.26. The van der Waals surface area contributed by atoms with E-state index >= 15 is 0 Å². The van der Waals surface area contributed by atoms with E-state index < -0.39 is 0 Å². The highest BCUT2D eigenvalue weighted by Gasteiger charge is 2.23. The molecule has 3 heteroatoms. The summed E-state index contributed by atoms with van der Waals surface area (Å²) in [5.41, 5.74) is 0. The molecule has 86 valence electrons. The van der Waals surface area contributed by atoms with Gasteiger partial charge in [-0.1, -0.05) is 20.8 Å². The Morgan fingerprint density at radius 2 is 2.20 bits per heavy atom. The van der Waals surface area contributed by atoms with Gasteiger partial charge >= 0.3 is 0 Å². The van der Waals surface area contributed by atoms with Gasteiger partial charge in [0.25, 0.3) is 0 Å². The summed E-state index contributed by atoms with van der Waals surface area (Å²) in [7, 11) is 0. The van der Waals surface area contributed by atoms with Gasteiger partial charge < -0.3 is 5.32 Å². The van der Waals surface area contributed by atoms with Crippen LogP contribution < -0.4 is 5.32 Å². The van der Waals surface area contributed by atoms with Crippen LogP contribution >= 0.6 is 0 Å². The Morgan fingerprint density at radius 3 is 2.80 bits per heavy atom. The summed E-state index contributed by atoms with van der Waals surface area (Å²) in [6, 6.07) is 2.82. The summed E-state index contributed by atoms with van der Waals surface area (Å²) in [6.45, 7) is 10.5. The van der Waals surface area contributed by atoms with Crippen LogP contribution in [0.2, 0.25) is 0 Å².